The molecule has 0 spiro atoms. The topological polar surface area (TPSA) is 41.8 Å². The number of rotatable bonds is 4. The van der Waals surface area contributed by atoms with Gasteiger partial charge < -0.3 is 4.90 Å². The Kier molecular flexibility index (Phi) is 2.77. The first-order valence-corrected chi connectivity index (χ1v) is 6.92. The van der Waals surface area contributed by atoms with Crippen LogP contribution in [0.3, 0.4) is 0 Å². The summed E-state index contributed by atoms with van der Waals surface area (Å²) in [4.78, 5) is 27.5. The molecule has 0 radical (unpaired) electrons. The Balaban J connectivity index is 1.68. The lowest BCUT2D eigenvalue weighted by molar-refractivity contribution is -0.858. The number of carbonyl (C=O) groups excluding carboxylic acids is 2. The van der Waals surface area contributed by atoms with E-state index in [1.54, 1.807) is 0 Å². The standard InChI is InChI=1S/C14H20N2O2/c1-15(2)6-3-7-16-13(17)11-9-4-5-10(8-9)12(11)14(16)18/h4-5,9-12H,3,6-8H2,1-2H3/p+1. The minimum Gasteiger partial charge on any atom is -0.340 e. The zero-order chi connectivity index (χ0) is 12.9. The average molecular weight is 249 g/mol. The molecule has 3 rings (SSSR count). The molecule has 2 fully saturated rings. The quantitative estimate of drug-likeness (QED) is 0.530. The number of hydrogen-bond donors (Lipinski definition) is 1. The fraction of sp³-hybridized carbons (Fsp3) is 0.714. The highest BCUT2D eigenvalue weighted by Crippen LogP contribution is 2.52. The van der Waals surface area contributed by atoms with Crippen molar-refractivity contribution in [1.29, 1.82) is 0 Å². The minimum atomic E-state index is -0.0285. The molecule has 1 saturated carbocycles. The van der Waals surface area contributed by atoms with Gasteiger partial charge in [-0.15, -0.1) is 0 Å². The van der Waals surface area contributed by atoms with Gasteiger partial charge in [-0.1, -0.05) is 12.2 Å². The molecule has 4 unspecified atom stereocenters. The van der Waals surface area contributed by atoms with E-state index in [1.165, 1.54) is 9.80 Å². The Labute approximate surface area is 108 Å². The molecule has 2 bridgehead atoms. The summed E-state index contributed by atoms with van der Waals surface area (Å²) in [6.45, 7) is 1.60. The van der Waals surface area contributed by atoms with Crippen molar-refractivity contribution in [2.45, 2.75) is 12.8 Å². The van der Waals surface area contributed by atoms with Crippen LogP contribution in [-0.4, -0.2) is 43.9 Å². The molecule has 0 aromatic carbocycles. The first kappa shape index (κ1) is 11.9. The molecule has 18 heavy (non-hydrogen) atoms. The summed E-state index contributed by atoms with van der Waals surface area (Å²) in [6, 6.07) is 0. The van der Waals surface area contributed by atoms with Gasteiger partial charge >= 0.3 is 0 Å². The van der Waals surface area contributed by atoms with Crippen LogP contribution < -0.4 is 4.90 Å². The molecule has 0 aromatic heterocycles. The van der Waals surface area contributed by atoms with E-state index in [2.05, 4.69) is 26.2 Å². The largest absolute Gasteiger partial charge is 0.340 e. The summed E-state index contributed by atoms with van der Waals surface area (Å²) in [5.41, 5.74) is 0. The Bertz CT molecular complexity index is 386. The summed E-state index contributed by atoms with van der Waals surface area (Å²) in [7, 11) is 4.18. The highest BCUT2D eigenvalue weighted by Gasteiger charge is 2.58. The van der Waals surface area contributed by atoms with Crippen LogP contribution >= 0.6 is 0 Å². The summed E-state index contributed by atoms with van der Waals surface area (Å²) < 4.78 is 0. The lowest BCUT2D eigenvalue weighted by Crippen LogP contribution is -3.05. The second kappa shape index (κ2) is 4.19. The second-order valence-corrected chi connectivity index (χ2v) is 6.14. The van der Waals surface area contributed by atoms with E-state index < -0.39 is 0 Å². The van der Waals surface area contributed by atoms with Gasteiger partial charge in [-0.05, 0) is 18.3 Å². The molecular weight excluding hydrogens is 228 g/mol. The molecule has 4 nitrogen and oxygen atoms in total. The SMILES string of the molecule is C[NH+](C)CCCN1C(=O)C2C3C=CC(C3)C2C1=O. The van der Waals surface area contributed by atoms with Crippen LogP contribution in [0.25, 0.3) is 0 Å². The number of carbonyl (C=O) groups is 2. The lowest BCUT2D eigenvalue weighted by atomic mass is 9.85. The van der Waals surface area contributed by atoms with Crippen molar-refractivity contribution in [3.63, 3.8) is 0 Å². The molecule has 4 heteroatoms. The van der Waals surface area contributed by atoms with Crippen molar-refractivity contribution in [2.24, 2.45) is 23.7 Å². The predicted octanol–water partition coefficient (Wildman–Crippen LogP) is -0.672. The number of fused-ring (bicyclic) bond motifs is 5. The zero-order valence-electron chi connectivity index (χ0n) is 11.1. The Morgan fingerprint density at radius 1 is 1.17 bits per heavy atom. The predicted molar refractivity (Wildman–Crippen MR) is 66.7 cm³/mol. The van der Waals surface area contributed by atoms with Crippen LogP contribution in [0, 0.1) is 23.7 Å². The van der Waals surface area contributed by atoms with Crippen molar-refractivity contribution < 1.29 is 14.5 Å². The van der Waals surface area contributed by atoms with E-state index in [4.69, 9.17) is 0 Å². The first-order chi connectivity index (χ1) is 8.59. The minimum absolute atomic E-state index is 0.0285. The van der Waals surface area contributed by atoms with Crippen LogP contribution in [0.1, 0.15) is 12.8 Å². The number of quaternary nitrogens is 1. The van der Waals surface area contributed by atoms with Crippen LogP contribution in [0.15, 0.2) is 12.2 Å². The summed E-state index contributed by atoms with van der Waals surface area (Å²) in [6.07, 6.45) is 6.21. The number of nitrogens with one attached hydrogen (secondary N) is 1. The zero-order valence-corrected chi connectivity index (χ0v) is 11.1. The van der Waals surface area contributed by atoms with Gasteiger partial charge in [-0.2, -0.15) is 0 Å². The van der Waals surface area contributed by atoms with Gasteiger partial charge in [0, 0.05) is 13.0 Å². The van der Waals surface area contributed by atoms with E-state index >= 15 is 0 Å². The van der Waals surface area contributed by atoms with Crippen molar-refractivity contribution >= 4 is 11.8 Å². The maximum absolute atomic E-state index is 12.3. The monoisotopic (exact) mass is 249 g/mol. The maximum Gasteiger partial charge on any atom is 0.233 e. The molecule has 1 N–H and O–H groups in total. The van der Waals surface area contributed by atoms with Gasteiger partial charge in [-0.3, -0.25) is 14.5 Å². The highest BCUT2D eigenvalue weighted by molar-refractivity contribution is 6.06. The molecule has 4 atom stereocenters. The number of allylic oxidation sites excluding steroid dienone is 2. The number of imide groups is 1. The summed E-state index contributed by atoms with van der Waals surface area (Å²) in [5, 5.41) is 0. The Morgan fingerprint density at radius 3 is 2.22 bits per heavy atom. The normalized spacial score (nSPS) is 37.2. The number of amides is 2. The first-order valence-electron chi connectivity index (χ1n) is 6.92. The summed E-state index contributed by atoms with van der Waals surface area (Å²) >= 11 is 0. The van der Waals surface area contributed by atoms with Crippen molar-refractivity contribution in [3.05, 3.63) is 12.2 Å². The molecule has 0 aromatic rings. The van der Waals surface area contributed by atoms with E-state index in [9.17, 15) is 9.59 Å². The molecule has 3 aliphatic rings. The molecule has 1 aliphatic heterocycles. The molecule has 2 amide bonds. The van der Waals surface area contributed by atoms with Crippen LogP contribution in [-0.2, 0) is 9.59 Å². The van der Waals surface area contributed by atoms with Gasteiger partial charge in [0.05, 0.1) is 32.5 Å². The van der Waals surface area contributed by atoms with Gasteiger partial charge in [-0.25, -0.2) is 0 Å². The third-order valence-electron chi connectivity index (χ3n) is 4.62. The second-order valence-electron chi connectivity index (χ2n) is 6.14. The third-order valence-corrected chi connectivity index (χ3v) is 4.62. The number of nitrogens with zero attached hydrogens (tertiary/aromatic N) is 1. The fourth-order valence-corrected chi connectivity index (χ4v) is 3.78. The van der Waals surface area contributed by atoms with Gasteiger partial charge in [0.1, 0.15) is 0 Å². The van der Waals surface area contributed by atoms with Crippen LogP contribution in [0.5, 0.6) is 0 Å². The van der Waals surface area contributed by atoms with Gasteiger partial charge in [0.2, 0.25) is 11.8 Å². The van der Waals surface area contributed by atoms with Gasteiger partial charge in [0.25, 0.3) is 0 Å². The molecule has 98 valence electrons. The smallest absolute Gasteiger partial charge is 0.233 e. The highest BCUT2D eigenvalue weighted by atomic mass is 16.2. The fourth-order valence-electron chi connectivity index (χ4n) is 3.78. The van der Waals surface area contributed by atoms with E-state index in [0.717, 1.165) is 19.4 Å². The van der Waals surface area contributed by atoms with E-state index in [0.29, 0.717) is 18.4 Å². The van der Waals surface area contributed by atoms with Crippen molar-refractivity contribution in [3.8, 4) is 0 Å². The average Bonchev–Trinajstić information content (AvgIpc) is 2.97. The Morgan fingerprint density at radius 2 is 1.72 bits per heavy atom. The Hall–Kier alpha value is -1.16. The van der Waals surface area contributed by atoms with E-state index in [1.807, 2.05) is 0 Å². The lowest BCUT2D eigenvalue weighted by Gasteiger charge is -2.17. The number of likely N-dealkylation sites (tertiary alicyclic amines) is 1. The molecular formula is C14H21N2O2+. The molecule has 2 aliphatic carbocycles. The third kappa shape index (κ3) is 1.62. The van der Waals surface area contributed by atoms with E-state index in [-0.39, 0.29) is 23.7 Å². The molecule has 1 heterocycles. The van der Waals surface area contributed by atoms with Crippen LogP contribution in [0.4, 0.5) is 0 Å². The summed E-state index contributed by atoms with van der Waals surface area (Å²) in [5.74, 6) is 0.798. The van der Waals surface area contributed by atoms with Crippen molar-refractivity contribution in [2.75, 3.05) is 27.2 Å². The van der Waals surface area contributed by atoms with Crippen LogP contribution in [0.2, 0.25) is 0 Å². The van der Waals surface area contributed by atoms with Gasteiger partial charge in [0.15, 0.2) is 0 Å². The molecule has 1 saturated heterocycles. The number of hydrogen-bond acceptors (Lipinski definition) is 2. The van der Waals surface area contributed by atoms with Crippen molar-refractivity contribution in [1.82, 2.24) is 4.90 Å². The maximum atomic E-state index is 12.3.